The van der Waals surface area contributed by atoms with Gasteiger partial charge in [0.25, 0.3) is 0 Å². The zero-order chi connectivity index (χ0) is 17.9. The van der Waals surface area contributed by atoms with E-state index in [0.717, 1.165) is 17.0 Å². The van der Waals surface area contributed by atoms with Crippen molar-refractivity contribution >= 4 is 17.4 Å². The summed E-state index contributed by atoms with van der Waals surface area (Å²) in [5.41, 5.74) is 3.21. The lowest BCUT2D eigenvalue weighted by Crippen LogP contribution is -2.25. The molecule has 0 aromatic heterocycles. The first-order valence-electron chi connectivity index (χ1n) is 8.58. The molecule has 4 rings (SSSR count). The Labute approximate surface area is 157 Å². The molecule has 0 aliphatic carbocycles. The van der Waals surface area contributed by atoms with Crippen LogP contribution >= 0.6 is 11.6 Å². The molecule has 26 heavy (non-hydrogen) atoms. The maximum Gasteiger partial charge on any atom is 0.124 e. The molecule has 0 radical (unpaired) electrons. The minimum Gasteiger partial charge on any atom is -0.364 e. The normalized spacial score (nSPS) is 19.1. The molecule has 0 saturated carbocycles. The third-order valence-corrected chi connectivity index (χ3v) is 4.96. The Balaban J connectivity index is 1.66. The van der Waals surface area contributed by atoms with Crippen LogP contribution in [0.25, 0.3) is 0 Å². The molecule has 3 aromatic carbocycles. The third kappa shape index (κ3) is 3.49. The monoisotopic (exact) mass is 364 g/mol. The topological polar surface area (TPSA) is 24.4 Å². The zero-order valence-corrected chi connectivity index (χ0v) is 14.8. The smallest absolute Gasteiger partial charge is 0.124 e. The molecular weight excluding hydrogens is 347 g/mol. The van der Waals surface area contributed by atoms with Crippen molar-refractivity contribution < 1.29 is 4.39 Å². The molecule has 2 atom stereocenters. The van der Waals surface area contributed by atoms with Gasteiger partial charge in [0.15, 0.2) is 0 Å². The number of hydrogen-bond donors (Lipinski definition) is 1. The van der Waals surface area contributed by atoms with Crippen molar-refractivity contribution in [3.8, 4) is 0 Å². The van der Waals surface area contributed by atoms with Crippen molar-refractivity contribution in [2.75, 3.05) is 0 Å². The number of aliphatic imine (C=N–C) groups is 1. The summed E-state index contributed by atoms with van der Waals surface area (Å²) in [6.07, 6.45) is 0.547. The van der Waals surface area contributed by atoms with Gasteiger partial charge in [-0.2, -0.15) is 0 Å². The van der Waals surface area contributed by atoms with Crippen molar-refractivity contribution in [2.45, 2.75) is 18.5 Å². The number of hydrogen-bond acceptors (Lipinski definition) is 2. The van der Waals surface area contributed by atoms with E-state index in [1.54, 1.807) is 6.07 Å². The van der Waals surface area contributed by atoms with Gasteiger partial charge in [-0.1, -0.05) is 78.3 Å². The molecule has 1 aliphatic rings. The van der Waals surface area contributed by atoms with Crippen LogP contribution in [0.1, 0.15) is 28.8 Å². The van der Waals surface area contributed by atoms with Gasteiger partial charge < -0.3 is 5.32 Å². The van der Waals surface area contributed by atoms with E-state index in [4.69, 9.17) is 16.6 Å². The van der Waals surface area contributed by atoms with Gasteiger partial charge >= 0.3 is 0 Å². The first-order valence-corrected chi connectivity index (χ1v) is 8.95. The van der Waals surface area contributed by atoms with Crippen LogP contribution in [-0.2, 0) is 6.42 Å². The van der Waals surface area contributed by atoms with Crippen LogP contribution in [-0.4, -0.2) is 5.84 Å². The Hall–Kier alpha value is -2.65. The average molecular weight is 365 g/mol. The first-order chi connectivity index (χ1) is 12.7. The summed E-state index contributed by atoms with van der Waals surface area (Å²) < 4.78 is 13.3. The SMILES string of the molecule is Fc1ccc(CC2=NC(c3ccccc3)C(c3ccccc3)N2)c(Cl)c1. The Kier molecular flexibility index (Phi) is 4.72. The van der Waals surface area contributed by atoms with Gasteiger partial charge in [0.2, 0.25) is 0 Å². The Morgan fingerprint density at radius 2 is 1.54 bits per heavy atom. The summed E-state index contributed by atoms with van der Waals surface area (Å²) in [5.74, 6) is 0.533. The van der Waals surface area contributed by atoms with Crippen LogP contribution in [0.15, 0.2) is 83.9 Å². The maximum atomic E-state index is 13.3. The van der Waals surface area contributed by atoms with E-state index >= 15 is 0 Å². The maximum absolute atomic E-state index is 13.3. The van der Waals surface area contributed by atoms with Crippen LogP contribution in [0.3, 0.4) is 0 Å². The van der Waals surface area contributed by atoms with Gasteiger partial charge in [0.1, 0.15) is 17.7 Å². The van der Waals surface area contributed by atoms with Crippen molar-refractivity contribution in [1.29, 1.82) is 0 Å². The lowest BCUT2D eigenvalue weighted by atomic mass is 9.95. The summed E-state index contributed by atoms with van der Waals surface area (Å²) >= 11 is 6.19. The van der Waals surface area contributed by atoms with Crippen LogP contribution in [0.5, 0.6) is 0 Å². The van der Waals surface area contributed by atoms with Crippen molar-refractivity contribution in [1.82, 2.24) is 5.32 Å². The highest BCUT2D eigenvalue weighted by Crippen LogP contribution is 2.36. The van der Waals surface area contributed by atoms with E-state index in [1.165, 1.54) is 17.7 Å². The Morgan fingerprint density at radius 3 is 2.19 bits per heavy atom. The van der Waals surface area contributed by atoms with E-state index < -0.39 is 0 Å². The van der Waals surface area contributed by atoms with Gasteiger partial charge in [-0.15, -0.1) is 0 Å². The number of halogens is 2. The van der Waals surface area contributed by atoms with Crippen LogP contribution < -0.4 is 5.32 Å². The van der Waals surface area contributed by atoms with E-state index in [9.17, 15) is 4.39 Å². The minimum atomic E-state index is -0.329. The Bertz CT molecular complexity index is 925. The first kappa shape index (κ1) is 16.8. The summed E-state index contributed by atoms with van der Waals surface area (Å²) in [5, 5.41) is 3.97. The molecule has 1 N–H and O–H groups in total. The van der Waals surface area contributed by atoms with E-state index in [2.05, 4.69) is 29.6 Å². The highest BCUT2D eigenvalue weighted by atomic mass is 35.5. The van der Waals surface area contributed by atoms with E-state index in [1.807, 2.05) is 36.4 Å². The predicted molar refractivity (Wildman–Crippen MR) is 104 cm³/mol. The van der Waals surface area contributed by atoms with Gasteiger partial charge in [-0.05, 0) is 28.8 Å². The number of amidine groups is 1. The molecule has 2 unspecified atom stereocenters. The minimum absolute atomic E-state index is 0.00664. The molecule has 130 valence electrons. The quantitative estimate of drug-likeness (QED) is 0.649. The zero-order valence-electron chi connectivity index (χ0n) is 14.1. The number of benzene rings is 3. The molecule has 1 aliphatic heterocycles. The summed E-state index contributed by atoms with van der Waals surface area (Å²) in [4.78, 5) is 4.93. The second-order valence-electron chi connectivity index (χ2n) is 6.38. The molecule has 4 heteroatoms. The fourth-order valence-corrected chi connectivity index (χ4v) is 3.56. The van der Waals surface area contributed by atoms with Gasteiger partial charge in [-0.25, -0.2) is 4.39 Å². The van der Waals surface area contributed by atoms with E-state index in [0.29, 0.717) is 11.4 Å². The lowest BCUT2D eigenvalue weighted by molar-refractivity contribution is 0.572. The molecule has 3 aromatic rings. The Morgan fingerprint density at radius 1 is 0.885 bits per heavy atom. The van der Waals surface area contributed by atoms with Crippen LogP contribution in [0.4, 0.5) is 4.39 Å². The average Bonchev–Trinajstić information content (AvgIpc) is 3.09. The van der Waals surface area contributed by atoms with Crippen LogP contribution in [0, 0.1) is 5.82 Å². The lowest BCUT2D eigenvalue weighted by Gasteiger charge is -2.19. The summed E-state index contributed by atoms with van der Waals surface area (Å²) in [6, 6.07) is 25.1. The molecule has 0 bridgehead atoms. The van der Waals surface area contributed by atoms with E-state index in [-0.39, 0.29) is 17.9 Å². The molecule has 0 amide bonds. The highest BCUT2D eigenvalue weighted by Gasteiger charge is 2.31. The molecule has 2 nitrogen and oxygen atoms in total. The van der Waals surface area contributed by atoms with Gasteiger partial charge in [0.05, 0.1) is 6.04 Å². The van der Waals surface area contributed by atoms with Gasteiger partial charge in [-0.3, -0.25) is 4.99 Å². The summed E-state index contributed by atoms with van der Waals surface area (Å²) in [7, 11) is 0. The van der Waals surface area contributed by atoms with Crippen molar-refractivity contribution in [3.05, 3.63) is 106 Å². The number of nitrogens with zero attached hydrogens (tertiary/aromatic N) is 1. The molecule has 0 spiro atoms. The fourth-order valence-electron chi connectivity index (χ4n) is 3.32. The fraction of sp³-hybridized carbons (Fsp3) is 0.136. The highest BCUT2D eigenvalue weighted by molar-refractivity contribution is 6.31. The third-order valence-electron chi connectivity index (χ3n) is 4.61. The molecule has 1 heterocycles. The second-order valence-corrected chi connectivity index (χ2v) is 6.78. The van der Waals surface area contributed by atoms with Crippen LogP contribution in [0.2, 0.25) is 5.02 Å². The van der Waals surface area contributed by atoms with Crippen molar-refractivity contribution in [3.63, 3.8) is 0 Å². The molecule has 0 saturated heterocycles. The standard InChI is InChI=1S/C22H18ClFN2/c23-19-14-18(24)12-11-17(19)13-20-25-21(15-7-3-1-4-8-15)22(26-20)16-9-5-2-6-10-16/h1-12,14,21-22H,13H2,(H,25,26). The second kappa shape index (κ2) is 7.30. The molecule has 0 fully saturated rings. The number of rotatable bonds is 4. The van der Waals surface area contributed by atoms with Crippen molar-refractivity contribution in [2.24, 2.45) is 4.99 Å². The predicted octanol–water partition coefficient (Wildman–Crippen LogP) is 5.51. The van der Waals surface area contributed by atoms with Gasteiger partial charge in [0, 0.05) is 11.4 Å². The summed E-state index contributed by atoms with van der Waals surface area (Å²) in [6.45, 7) is 0. The number of nitrogens with one attached hydrogen (secondary N) is 1. The molecular formula is C22H18ClFN2. The largest absolute Gasteiger partial charge is 0.364 e.